The Morgan fingerprint density at radius 2 is 2.11 bits per heavy atom. The summed E-state index contributed by atoms with van der Waals surface area (Å²) in [5.74, 6) is 1.74. The summed E-state index contributed by atoms with van der Waals surface area (Å²) in [6, 6.07) is 5.40. The third-order valence-electron chi connectivity index (χ3n) is 4.27. The highest BCUT2D eigenvalue weighted by Crippen LogP contribution is 2.31. The van der Waals surface area contributed by atoms with Crippen molar-refractivity contribution in [2.45, 2.75) is 32.7 Å². The molecule has 0 aliphatic heterocycles. The largest absolute Gasteiger partial charge is 0.495 e. The number of nitrogen functional groups attached to an aromatic ring is 1. The number of ether oxygens (including phenoxy) is 1. The molecule has 4 nitrogen and oxygen atoms in total. The zero-order chi connectivity index (χ0) is 14.0. The summed E-state index contributed by atoms with van der Waals surface area (Å²) in [5, 5.41) is 3.10. The molecule has 2 rings (SSSR count). The summed E-state index contributed by atoms with van der Waals surface area (Å²) in [5.41, 5.74) is 6.90. The second-order valence-corrected chi connectivity index (χ2v) is 5.45. The average molecular weight is 262 g/mol. The van der Waals surface area contributed by atoms with Crippen molar-refractivity contribution in [3.8, 4) is 5.75 Å². The predicted octanol–water partition coefficient (Wildman–Crippen LogP) is 2.44. The lowest BCUT2D eigenvalue weighted by Gasteiger charge is -2.19. The molecule has 0 aromatic heterocycles. The third-order valence-corrected chi connectivity index (χ3v) is 4.27. The minimum atomic E-state index is -0.0553. The molecule has 1 aromatic carbocycles. The molecule has 4 heteroatoms. The number of benzene rings is 1. The Labute approximate surface area is 114 Å². The Hall–Kier alpha value is -1.71. The van der Waals surface area contributed by atoms with Gasteiger partial charge in [-0.05, 0) is 42.9 Å². The van der Waals surface area contributed by atoms with Gasteiger partial charge in [0.25, 0.3) is 5.91 Å². The molecule has 19 heavy (non-hydrogen) atoms. The lowest BCUT2D eigenvalue weighted by molar-refractivity contribution is 0.0927. The van der Waals surface area contributed by atoms with Gasteiger partial charge >= 0.3 is 0 Å². The predicted molar refractivity (Wildman–Crippen MR) is 76.2 cm³/mol. The number of hydrogen-bond donors (Lipinski definition) is 2. The molecule has 1 fully saturated rings. The number of nitrogens with one attached hydrogen (secondary N) is 1. The van der Waals surface area contributed by atoms with Gasteiger partial charge in [-0.1, -0.05) is 13.8 Å². The highest BCUT2D eigenvalue weighted by molar-refractivity contribution is 5.95. The van der Waals surface area contributed by atoms with E-state index in [0.717, 1.165) is 6.42 Å². The van der Waals surface area contributed by atoms with E-state index in [4.69, 9.17) is 10.5 Å². The second-order valence-electron chi connectivity index (χ2n) is 5.45. The monoisotopic (exact) mass is 262 g/mol. The zero-order valence-electron chi connectivity index (χ0n) is 11.8. The summed E-state index contributed by atoms with van der Waals surface area (Å²) < 4.78 is 5.09. The fourth-order valence-corrected chi connectivity index (χ4v) is 2.70. The number of carbonyl (C=O) groups is 1. The fraction of sp³-hybridized carbons (Fsp3) is 0.533. The van der Waals surface area contributed by atoms with Crippen LogP contribution in [0.4, 0.5) is 5.69 Å². The van der Waals surface area contributed by atoms with E-state index in [2.05, 4.69) is 19.2 Å². The first-order valence-corrected chi connectivity index (χ1v) is 6.77. The minimum Gasteiger partial charge on any atom is -0.495 e. The number of anilines is 1. The lowest BCUT2D eigenvalue weighted by Crippen LogP contribution is -2.37. The molecular weight excluding hydrogens is 240 g/mol. The van der Waals surface area contributed by atoms with Gasteiger partial charge in [-0.25, -0.2) is 0 Å². The summed E-state index contributed by atoms with van der Waals surface area (Å²) in [7, 11) is 1.56. The van der Waals surface area contributed by atoms with Gasteiger partial charge < -0.3 is 15.8 Å². The smallest absolute Gasteiger partial charge is 0.251 e. The maximum absolute atomic E-state index is 12.2. The van der Waals surface area contributed by atoms with Crippen LogP contribution in [0.15, 0.2) is 18.2 Å². The van der Waals surface area contributed by atoms with E-state index in [1.807, 2.05) is 0 Å². The van der Waals surface area contributed by atoms with Crippen molar-refractivity contribution in [2.75, 3.05) is 12.8 Å². The number of rotatable bonds is 3. The van der Waals surface area contributed by atoms with E-state index in [9.17, 15) is 4.79 Å². The van der Waals surface area contributed by atoms with E-state index < -0.39 is 0 Å². The maximum atomic E-state index is 12.2. The molecule has 3 N–H and O–H groups in total. The van der Waals surface area contributed by atoms with Crippen molar-refractivity contribution in [2.24, 2.45) is 11.8 Å². The first kappa shape index (κ1) is 13.7. The van der Waals surface area contributed by atoms with Crippen LogP contribution in [-0.4, -0.2) is 19.1 Å². The van der Waals surface area contributed by atoms with E-state index in [1.54, 1.807) is 25.3 Å². The average Bonchev–Trinajstić information content (AvgIpc) is 2.70. The van der Waals surface area contributed by atoms with Crippen LogP contribution in [0.25, 0.3) is 0 Å². The molecule has 1 saturated carbocycles. The summed E-state index contributed by atoms with van der Waals surface area (Å²) in [6.45, 7) is 4.44. The van der Waals surface area contributed by atoms with Crippen LogP contribution in [0.2, 0.25) is 0 Å². The molecule has 0 radical (unpaired) electrons. The Bertz CT molecular complexity index is 473. The third kappa shape index (κ3) is 2.83. The molecular formula is C15H22N2O2. The molecule has 0 saturated heterocycles. The number of carbonyl (C=O) groups excluding carboxylic acids is 1. The first-order chi connectivity index (χ1) is 9.02. The van der Waals surface area contributed by atoms with Crippen molar-refractivity contribution in [3.63, 3.8) is 0 Å². The van der Waals surface area contributed by atoms with Crippen LogP contribution in [0, 0.1) is 11.8 Å². The van der Waals surface area contributed by atoms with Crippen molar-refractivity contribution >= 4 is 11.6 Å². The summed E-state index contributed by atoms with van der Waals surface area (Å²) >= 11 is 0. The molecule has 3 unspecified atom stereocenters. The first-order valence-electron chi connectivity index (χ1n) is 6.77. The van der Waals surface area contributed by atoms with Gasteiger partial charge in [0.15, 0.2) is 0 Å². The highest BCUT2D eigenvalue weighted by atomic mass is 16.5. The van der Waals surface area contributed by atoms with Gasteiger partial charge in [0.2, 0.25) is 0 Å². The van der Waals surface area contributed by atoms with Gasteiger partial charge in [-0.15, -0.1) is 0 Å². The zero-order valence-corrected chi connectivity index (χ0v) is 11.8. The number of amides is 1. The van der Waals surface area contributed by atoms with Crippen LogP contribution in [-0.2, 0) is 0 Å². The number of hydrogen-bond acceptors (Lipinski definition) is 3. The number of methoxy groups -OCH3 is 1. The Kier molecular flexibility index (Phi) is 3.98. The van der Waals surface area contributed by atoms with Crippen LogP contribution in [0.1, 0.15) is 37.0 Å². The van der Waals surface area contributed by atoms with Gasteiger partial charge in [0, 0.05) is 11.6 Å². The molecule has 1 aliphatic carbocycles. The molecule has 104 valence electrons. The second kappa shape index (κ2) is 5.51. The molecule has 0 heterocycles. The summed E-state index contributed by atoms with van der Waals surface area (Å²) in [6.07, 6.45) is 2.23. The summed E-state index contributed by atoms with van der Waals surface area (Å²) in [4.78, 5) is 12.2. The van der Waals surface area contributed by atoms with Crippen LogP contribution < -0.4 is 15.8 Å². The van der Waals surface area contributed by atoms with Crippen molar-refractivity contribution in [3.05, 3.63) is 23.8 Å². The van der Waals surface area contributed by atoms with Crippen LogP contribution in [0.3, 0.4) is 0 Å². The van der Waals surface area contributed by atoms with Crippen molar-refractivity contribution in [1.29, 1.82) is 0 Å². The number of nitrogens with two attached hydrogens (primary N) is 1. The minimum absolute atomic E-state index is 0.0553. The lowest BCUT2D eigenvalue weighted by atomic mass is 9.97. The molecule has 0 spiro atoms. The van der Waals surface area contributed by atoms with E-state index in [1.165, 1.54) is 6.42 Å². The van der Waals surface area contributed by atoms with Gasteiger partial charge in [-0.2, -0.15) is 0 Å². The Morgan fingerprint density at radius 3 is 2.63 bits per heavy atom. The van der Waals surface area contributed by atoms with Crippen LogP contribution in [0.5, 0.6) is 5.75 Å². The molecule has 1 aromatic rings. The molecule has 3 atom stereocenters. The van der Waals surface area contributed by atoms with Crippen molar-refractivity contribution in [1.82, 2.24) is 5.32 Å². The quantitative estimate of drug-likeness (QED) is 0.822. The molecule has 0 bridgehead atoms. The fourth-order valence-electron chi connectivity index (χ4n) is 2.70. The normalized spacial score (nSPS) is 26.2. The van der Waals surface area contributed by atoms with E-state index >= 15 is 0 Å². The Morgan fingerprint density at radius 1 is 1.37 bits per heavy atom. The van der Waals surface area contributed by atoms with E-state index in [-0.39, 0.29) is 11.9 Å². The van der Waals surface area contributed by atoms with Gasteiger partial charge in [-0.3, -0.25) is 4.79 Å². The van der Waals surface area contributed by atoms with Gasteiger partial charge in [0.1, 0.15) is 5.75 Å². The molecule has 1 amide bonds. The maximum Gasteiger partial charge on any atom is 0.251 e. The molecule has 1 aliphatic rings. The van der Waals surface area contributed by atoms with E-state index in [0.29, 0.717) is 28.8 Å². The van der Waals surface area contributed by atoms with Gasteiger partial charge in [0.05, 0.1) is 12.8 Å². The van der Waals surface area contributed by atoms with Crippen LogP contribution >= 0.6 is 0 Å². The Balaban J connectivity index is 2.06. The SMILES string of the molecule is COc1ccc(C(=O)NC2CCC(C)C2C)cc1N. The topological polar surface area (TPSA) is 64.3 Å². The van der Waals surface area contributed by atoms with Crippen molar-refractivity contribution < 1.29 is 9.53 Å². The highest BCUT2D eigenvalue weighted by Gasteiger charge is 2.30. The standard InChI is InChI=1S/C15H22N2O2/c1-9-4-6-13(10(9)2)17-15(18)11-5-7-14(19-3)12(16)8-11/h5,7-10,13H,4,6,16H2,1-3H3,(H,17,18).